The summed E-state index contributed by atoms with van der Waals surface area (Å²) >= 11 is 0. The number of anilines is 1. The molecule has 9 nitrogen and oxygen atoms in total. The Bertz CT molecular complexity index is 1720. The topological polar surface area (TPSA) is 111 Å². The number of hydrogen-bond donors (Lipinski definition) is 2. The Kier molecular flexibility index (Phi) is 8.53. The van der Waals surface area contributed by atoms with Gasteiger partial charge in [0.1, 0.15) is 11.3 Å². The van der Waals surface area contributed by atoms with Crippen LogP contribution in [-0.2, 0) is 16.1 Å². The fourth-order valence-corrected chi connectivity index (χ4v) is 5.50. The van der Waals surface area contributed by atoms with Gasteiger partial charge in [-0.2, -0.15) is 0 Å². The minimum absolute atomic E-state index is 0.0593. The van der Waals surface area contributed by atoms with Crippen molar-refractivity contribution in [2.45, 2.75) is 25.4 Å². The summed E-state index contributed by atoms with van der Waals surface area (Å²) in [5.41, 5.74) is 12.7. The molecule has 0 unspecified atom stereocenters. The van der Waals surface area contributed by atoms with Crippen molar-refractivity contribution in [1.82, 2.24) is 29.7 Å². The van der Waals surface area contributed by atoms with E-state index in [0.717, 1.165) is 66.1 Å². The highest BCUT2D eigenvalue weighted by Crippen LogP contribution is 2.32. The van der Waals surface area contributed by atoms with Gasteiger partial charge in [-0.25, -0.2) is 15.0 Å². The van der Waals surface area contributed by atoms with Gasteiger partial charge in [-0.05, 0) is 54.8 Å². The number of aromatic nitrogens is 4. The second kappa shape index (κ2) is 13.0. The maximum absolute atomic E-state index is 12.1. The highest BCUT2D eigenvalue weighted by molar-refractivity contribution is 5.87. The molecule has 0 aliphatic carbocycles. The monoisotopic (exact) mass is 573 g/mol. The first-order valence-corrected chi connectivity index (χ1v) is 14.5. The largest absolute Gasteiger partial charge is 0.383 e. The number of carbonyl (C=O) groups is 1. The molecule has 0 spiro atoms. The molecule has 2 aromatic carbocycles. The number of methoxy groups -OCH3 is 1. The number of carbonyl (C=O) groups excluding carboxylic acids is 1. The minimum Gasteiger partial charge on any atom is -0.383 e. The van der Waals surface area contributed by atoms with E-state index in [2.05, 4.69) is 56.2 Å². The molecule has 0 saturated carbocycles. The second-order valence-corrected chi connectivity index (χ2v) is 10.7. The molecule has 1 aliphatic rings. The molecule has 1 saturated heterocycles. The first-order valence-electron chi connectivity index (χ1n) is 14.5. The van der Waals surface area contributed by atoms with Crippen LogP contribution in [0.15, 0.2) is 97.2 Å². The van der Waals surface area contributed by atoms with Crippen molar-refractivity contribution in [2.24, 2.45) is 0 Å². The van der Waals surface area contributed by atoms with Crippen molar-refractivity contribution in [3.05, 3.63) is 103 Å². The molecular formula is C34H35N7O2. The number of pyridine rings is 2. The molecule has 5 aromatic rings. The molecule has 0 radical (unpaired) electrons. The number of amides is 1. The van der Waals surface area contributed by atoms with Crippen molar-refractivity contribution in [1.29, 1.82) is 0 Å². The third-order valence-corrected chi connectivity index (χ3v) is 7.72. The summed E-state index contributed by atoms with van der Waals surface area (Å²) < 4.78 is 7.03. The Labute approximate surface area is 251 Å². The second-order valence-electron chi connectivity index (χ2n) is 10.7. The summed E-state index contributed by atoms with van der Waals surface area (Å²) in [7, 11) is 1.61. The molecule has 3 N–H and O–H groups in total. The fraction of sp³-hybridized carbons (Fsp3) is 0.235. The lowest BCUT2D eigenvalue weighted by molar-refractivity contribution is -0.117. The van der Waals surface area contributed by atoms with Gasteiger partial charge in [-0.15, -0.1) is 0 Å². The Balaban J connectivity index is 1.23. The van der Waals surface area contributed by atoms with Crippen LogP contribution in [0.1, 0.15) is 18.4 Å². The third-order valence-electron chi connectivity index (χ3n) is 7.72. The molecule has 1 amide bonds. The van der Waals surface area contributed by atoms with Crippen LogP contribution < -0.4 is 11.1 Å². The number of benzene rings is 2. The lowest BCUT2D eigenvalue weighted by Crippen LogP contribution is -2.43. The first-order chi connectivity index (χ1) is 21.1. The van der Waals surface area contributed by atoms with E-state index in [9.17, 15) is 4.79 Å². The average molecular weight is 574 g/mol. The number of ether oxygens (including phenoxy) is 1. The molecule has 0 atom stereocenters. The van der Waals surface area contributed by atoms with E-state index in [0.29, 0.717) is 18.2 Å². The van der Waals surface area contributed by atoms with Crippen molar-refractivity contribution in [3.8, 4) is 28.3 Å². The molecule has 3 aromatic heterocycles. The minimum atomic E-state index is -0.0593. The first kappa shape index (κ1) is 28.3. The van der Waals surface area contributed by atoms with Gasteiger partial charge in [0.25, 0.3) is 0 Å². The number of hydrogen-bond acceptors (Lipinski definition) is 7. The zero-order valence-electron chi connectivity index (χ0n) is 24.2. The number of nitrogen functional groups attached to an aromatic ring is 1. The van der Waals surface area contributed by atoms with Crippen LogP contribution in [0.25, 0.3) is 39.5 Å². The molecule has 43 heavy (non-hydrogen) atoms. The number of nitrogens with zero attached hydrogens (tertiary/aromatic N) is 5. The van der Waals surface area contributed by atoms with Crippen molar-refractivity contribution < 1.29 is 9.53 Å². The van der Waals surface area contributed by atoms with E-state index in [1.54, 1.807) is 25.5 Å². The van der Waals surface area contributed by atoms with Gasteiger partial charge in [-0.1, -0.05) is 48.5 Å². The van der Waals surface area contributed by atoms with Gasteiger partial charge in [-0.3, -0.25) is 14.3 Å². The number of fused-ring (bicyclic) bond motifs is 1. The normalized spacial score (nSPS) is 14.4. The number of rotatable bonds is 9. The van der Waals surface area contributed by atoms with Crippen LogP contribution in [0.5, 0.6) is 0 Å². The number of likely N-dealkylation sites (tertiary alicyclic amines) is 1. The lowest BCUT2D eigenvalue weighted by Gasteiger charge is -2.32. The van der Waals surface area contributed by atoms with E-state index in [4.69, 9.17) is 20.4 Å². The fourth-order valence-electron chi connectivity index (χ4n) is 5.50. The van der Waals surface area contributed by atoms with Gasteiger partial charge in [0.15, 0.2) is 11.5 Å². The highest BCUT2D eigenvalue weighted by atomic mass is 16.5. The Hall–Kier alpha value is -4.86. The van der Waals surface area contributed by atoms with Crippen LogP contribution in [0.4, 0.5) is 5.82 Å². The van der Waals surface area contributed by atoms with Crippen molar-refractivity contribution >= 4 is 22.9 Å². The highest BCUT2D eigenvalue weighted by Gasteiger charge is 2.21. The molecular weight excluding hydrogens is 538 g/mol. The van der Waals surface area contributed by atoms with E-state index < -0.39 is 0 Å². The van der Waals surface area contributed by atoms with Gasteiger partial charge in [0.2, 0.25) is 5.91 Å². The van der Waals surface area contributed by atoms with Crippen molar-refractivity contribution in [2.75, 3.05) is 32.5 Å². The molecule has 1 fully saturated rings. The van der Waals surface area contributed by atoms with E-state index >= 15 is 0 Å². The SMILES string of the molecule is COC/C=C/C(=O)NC1CCN(Cc2ccc(-n3c(-c4cccnc4N)nc4ccc(-c5ccccc5)nc43)cc2)CC1. The van der Waals surface area contributed by atoms with E-state index in [1.807, 2.05) is 42.5 Å². The molecule has 4 heterocycles. The third kappa shape index (κ3) is 6.48. The standard InChI is InChI=1S/C34H35N7O2/c1-43-22-6-10-31(42)37-26-17-20-40(21-18-26)23-24-11-13-27(14-12-24)41-33(28-9-5-19-36-32(28)35)39-30-16-15-29(38-34(30)41)25-7-3-2-4-8-25/h2-16,19,26H,17-18,20-23H2,1H3,(H2,35,36)(H,37,42)/b10-6+. The van der Waals surface area contributed by atoms with Crippen LogP contribution in [0.2, 0.25) is 0 Å². The summed E-state index contributed by atoms with van der Waals surface area (Å²) in [5, 5.41) is 3.10. The number of imidazole rings is 1. The summed E-state index contributed by atoms with van der Waals surface area (Å²) in [6.45, 7) is 3.14. The zero-order chi connectivity index (χ0) is 29.6. The zero-order valence-corrected chi connectivity index (χ0v) is 24.2. The van der Waals surface area contributed by atoms with Crippen LogP contribution >= 0.6 is 0 Å². The summed E-state index contributed by atoms with van der Waals surface area (Å²) in [6, 6.07) is 26.7. The Morgan fingerprint density at radius 3 is 2.53 bits per heavy atom. The van der Waals surface area contributed by atoms with Gasteiger partial charge >= 0.3 is 0 Å². The average Bonchev–Trinajstić information content (AvgIpc) is 3.42. The summed E-state index contributed by atoms with van der Waals surface area (Å²) in [6.07, 6.45) is 6.81. The Morgan fingerprint density at radius 2 is 1.79 bits per heavy atom. The molecule has 1 aliphatic heterocycles. The van der Waals surface area contributed by atoms with Crippen molar-refractivity contribution in [3.63, 3.8) is 0 Å². The predicted octanol–water partition coefficient (Wildman–Crippen LogP) is 5.01. The quantitative estimate of drug-likeness (QED) is 0.238. The maximum Gasteiger partial charge on any atom is 0.243 e. The molecule has 218 valence electrons. The lowest BCUT2D eigenvalue weighted by atomic mass is 10.0. The number of piperidine rings is 1. The predicted molar refractivity (Wildman–Crippen MR) is 169 cm³/mol. The summed E-state index contributed by atoms with van der Waals surface area (Å²) in [4.78, 5) is 28.8. The smallest absolute Gasteiger partial charge is 0.243 e. The van der Waals surface area contributed by atoms with E-state index in [1.165, 1.54) is 5.56 Å². The maximum atomic E-state index is 12.1. The van der Waals surface area contributed by atoms with Crippen LogP contribution in [0, 0.1) is 0 Å². The molecule has 0 bridgehead atoms. The van der Waals surface area contributed by atoms with Gasteiger partial charge in [0, 0.05) is 56.3 Å². The van der Waals surface area contributed by atoms with E-state index in [-0.39, 0.29) is 11.9 Å². The van der Waals surface area contributed by atoms with Gasteiger partial charge in [0.05, 0.1) is 17.9 Å². The molecule has 6 rings (SSSR count). The van der Waals surface area contributed by atoms with Crippen LogP contribution in [-0.4, -0.2) is 63.2 Å². The van der Waals surface area contributed by atoms with Crippen LogP contribution in [0.3, 0.4) is 0 Å². The van der Waals surface area contributed by atoms with Gasteiger partial charge < -0.3 is 15.8 Å². The molecule has 9 heteroatoms. The number of nitrogens with one attached hydrogen (secondary N) is 1. The summed E-state index contributed by atoms with van der Waals surface area (Å²) in [5.74, 6) is 1.06. The number of nitrogens with two attached hydrogens (primary N) is 1. The Morgan fingerprint density at radius 1 is 1.00 bits per heavy atom.